The van der Waals surface area contributed by atoms with Crippen LogP contribution in [0.15, 0.2) is 48.8 Å². The third kappa shape index (κ3) is 3.55. The molecule has 0 aliphatic heterocycles. The predicted octanol–water partition coefficient (Wildman–Crippen LogP) is 3.16. The summed E-state index contributed by atoms with van der Waals surface area (Å²) in [7, 11) is 0. The molecule has 1 amide bonds. The minimum atomic E-state index is -0.132. The monoisotopic (exact) mass is 255 g/mol. The molecule has 1 aromatic carbocycles. The first-order valence-corrected chi connectivity index (χ1v) is 6.35. The van der Waals surface area contributed by atoms with E-state index in [-0.39, 0.29) is 5.91 Å². The average molecular weight is 255 g/mol. The fourth-order valence-electron chi connectivity index (χ4n) is 1.73. The van der Waals surface area contributed by atoms with E-state index in [9.17, 15) is 4.79 Å². The van der Waals surface area contributed by atoms with E-state index in [4.69, 9.17) is 0 Å². The van der Waals surface area contributed by atoms with Gasteiger partial charge in [-0.05, 0) is 30.7 Å². The summed E-state index contributed by atoms with van der Waals surface area (Å²) >= 11 is 0. The number of pyridine rings is 1. The van der Waals surface area contributed by atoms with Crippen LogP contribution >= 0.6 is 0 Å². The zero-order chi connectivity index (χ0) is 13.5. The van der Waals surface area contributed by atoms with Crippen LogP contribution in [-0.2, 0) is 0 Å². The van der Waals surface area contributed by atoms with Gasteiger partial charge in [0.05, 0.1) is 17.4 Å². The van der Waals surface area contributed by atoms with E-state index < -0.39 is 0 Å². The van der Waals surface area contributed by atoms with Gasteiger partial charge in [0, 0.05) is 18.4 Å². The Balaban J connectivity index is 2.14. The van der Waals surface area contributed by atoms with Crippen LogP contribution in [0.5, 0.6) is 0 Å². The van der Waals surface area contributed by atoms with Crippen LogP contribution in [0.1, 0.15) is 23.7 Å². The maximum Gasteiger partial charge on any atom is 0.257 e. The van der Waals surface area contributed by atoms with Crippen LogP contribution in [0.2, 0.25) is 0 Å². The summed E-state index contributed by atoms with van der Waals surface area (Å²) in [5, 5.41) is 6.09. The molecule has 2 rings (SSSR count). The van der Waals surface area contributed by atoms with E-state index in [1.54, 1.807) is 18.5 Å². The van der Waals surface area contributed by atoms with Crippen LogP contribution in [0.25, 0.3) is 0 Å². The number of amides is 1. The van der Waals surface area contributed by atoms with Gasteiger partial charge in [-0.25, -0.2) is 0 Å². The van der Waals surface area contributed by atoms with Gasteiger partial charge in [-0.3, -0.25) is 9.78 Å². The number of benzene rings is 1. The third-order valence-electron chi connectivity index (χ3n) is 2.66. The molecule has 0 saturated carbocycles. The summed E-state index contributed by atoms with van der Waals surface area (Å²) in [6.45, 7) is 2.93. The quantitative estimate of drug-likeness (QED) is 0.863. The number of hydrogen-bond donors (Lipinski definition) is 2. The second kappa shape index (κ2) is 6.54. The maximum absolute atomic E-state index is 12.2. The van der Waals surface area contributed by atoms with Crippen molar-refractivity contribution in [3.63, 3.8) is 0 Å². The molecule has 4 heteroatoms. The van der Waals surface area contributed by atoms with Crippen molar-refractivity contribution >= 4 is 17.3 Å². The van der Waals surface area contributed by atoms with Crippen molar-refractivity contribution in [3.05, 3.63) is 54.4 Å². The van der Waals surface area contributed by atoms with Crippen molar-refractivity contribution in [1.29, 1.82) is 0 Å². The highest BCUT2D eigenvalue weighted by molar-refractivity contribution is 6.07. The highest BCUT2D eigenvalue weighted by atomic mass is 16.1. The lowest BCUT2D eigenvalue weighted by molar-refractivity contribution is 0.102. The Morgan fingerprint density at radius 1 is 1.21 bits per heavy atom. The molecule has 0 fully saturated rings. The molecule has 2 aromatic rings. The first-order valence-electron chi connectivity index (χ1n) is 6.35. The van der Waals surface area contributed by atoms with Crippen molar-refractivity contribution in [2.24, 2.45) is 0 Å². The molecule has 0 unspecified atom stereocenters. The molecule has 19 heavy (non-hydrogen) atoms. The average Bonchev–Trinajstić information content (AvgIpc) is 2.46. The molecule has 0 bridgehead atoms. The minimum absolute atomic E-state index is 0.132. The van der Waals surface area contributed by atoms with Gasteiger partial charge in [0.25, 0.3) is 5.91 Å². The smallest absolute Gasteiger partial charge is 0.257 e. The fourth-order valence-corrected chi connectivity index (χ4v) is 1.73. The van der Waals surface area contributed by atoms with Gasteiger partial charge in [0.15, 0.2) is 0 Å². The van der Waals surface area contributed by atoms with Crippen molar-refractivity contribution in [3.8, 4) is 0 Å². The Kier molecular flexibility index (Phi) is 4.50. The normalized spacial score (nSPS) is 9.95. The van der Waals surface area contributed by atoms with E-state index in [2.05, 4.69) is 22.5 Å². The predicted molar refractivity (Wildman–Crippen MR) is 77.4 cm³/mol. The molecule has 98 valence electrons. The summed E-state index contributed by atoms with van der Waals surface area (Å²) in [6, 6.07) is 11.1. The molecule has 0 spiro atoms. The highest BCUT2D eigenvalue weighted by Gasteiger charge is 2.10. The second-order valence-electron chi connectivity index (χ2n) is 4.17. The van der Waals surface area contributed by atoms with Crippen LogP contribution in [0, 0.1) is 0 Å². The van der Waals surface area contributed by atoms with Crippen molar-refractivity contribution in [1.82, 2.24) is 4.98 Å². The molecule has 4 nitrogen and oxygen atoms in total. The summed E-state index contributed by atoms with van der Waals surface area (Å²) in [4.78, 5) is 16.2. The van der Waals surface area contributed by atoms with Gasteiger partial charge in [-0.2, -0.15) is 0 Å². The summed E-state index contributed by atoms with van der Waals surface area (Å²) < 4.78 is 0. The second-order valence-corrected chi connectivity index (χ2v) is 4.17. The molecular formula is C15H17N3O. The number of aromatic nitrogens is 1. The molecule has 2 N–H and O–H groups in total. The Morgan fingerprint density at radius 2 is 2.05 bits per heavy atom. The van der Waals surface area contributed by atoms with Crippen LogP contribution in [0.3, 0.4) is 0 Å². The summed E-state index contributed by atoms with van der Waals surface area (Å²) in [6.07, 6.45) is 4.31. The largest absolute Gasteiger partial charge is 0.384 e. The van der Waals surface area contributed by atoms with E-state index >= 15 is 0 Å². The minimum Gasteiger partial charge on any atom is -0.384 e. The summed E-state index contributed by atoms with van der Waals surface area (Å²) in [5.74, 6) is -0.132. The SMILES string of the molecule is CCCNc1ccccc1C(=O)Nc1cccnc1. The fraction of sp³-hybridized carbons (Fsp3) is 0.200. The first-order chi connectivity index (χ1) is 9.31. The lowest BCUT2D eigenvalue weighted by Gasteiger charge is -2.11. The molecule has 1 aromatic heterocycles. The molecule has 0 aliphatic rings. The van der Waals surface area contributed by atoms with E-state index in [0.717, 1.165) is 18.7 Å². The number of carbonyl (C=O) groups excluding carboxylic acids is 1. The topological polar surface area (TPSA) is 54.0 Å². The zero-order valence-corrected chi connectivity index (χ0v) is 10.9. The van der Waals surface area contributed by atoms with E-state index in [0.29, 0.717) is 11.3 Å². The van der Waals surface area contributed by atoms with Crippen molar-refractivity contribution < 1.29 is 4.79 Å². The first kappa shape index (κ1) is 13.1. The van der Waals surface area contributed by atoms with Crippen LogP contribution in [-0.4, -0.2) is 17.4 Å². The number of hydrogen-bond acceptors (Lipinski definition) is 3. The Hall–Kier alpha value is -2.36. The van der Waals surface area contributed by atoms with Crippen LogP contribution < -0.4 is 10.6 Å². The van der Waals surface area contributed by atoms with E-state index in [1.165, 1.54) is 0 Å². The van der Waals surface area contributed by atoms with Gasteiger partial charge >= 0.3 is 0 Å². The molecule has 0 saturated heterocycles. The van der Waals surface area contributed by atoms with Gasteiger partial charge in [-0.15, -0.1) is 0 Å². The zero-order valence-electron chi connectivity index (χ0n) is 10.9. The van der Waals surface area contributed by atoms with Crippen LogP contribution in [0.4, 0.5) is 11.4 Å². The number of anilines is 2. The third-order valence-corrected chi connectivity index (χ3v) is 2.66. The highest BCUT2D eigenvalue weighted by Crippen LogP contribution is 2.16. The van der Waals surface area contributed by atoms with Gasteiger partial charge in [0.1, 0.15) is 0 Å². The number of rotatable bonds is 5. The van der Waals surface area contributed by atoms with E-state index in [1.807, 2.05) is 30.3 Å². The summed E-state index contributed by atoms with van der Waals surface area (Å²) in [5.41, 5.74) is 2.18. The molecule has 0 aliphatic carbocycles. The number of carbonyl (C=O) groups is 1. The van der Waals surface area contributed by atoms with Gasteiger partial charge in [-0.1, -0.05) is 19.1 Å². The number of nitrogens with one attached hydrogen (secondary N) is 2. The molecule has 0 radical (unpaired) electrons. The lowest BCUT2D eigenvalue weighted by atomic mass is 10.1. The maximum atomic E-state index is 12.2. The Bertz CT molecular complexity index is 540. The van der Waals surface area contributed by atoms with Crippen molar-refractivity contribution in [2.75, 3.05) is 17.2 Å². The molecule has 1 heterocycles. The molecular weight excluding hydrogens is 238 g/mol. The van der Waals surface area contributed by atoms with Gasteiger partial charge < -0.3 is 10.6 Å². The lowest BCUT2D eigenvalue weighted by Crippen LogP contribution is -2.15. The van der Waals surface area contributed by atoms with Crippen molar-refractivity contribution in [2.45, 2.75) is 13.3 Å². The standard InChI is InChI=1S/C15H17N3O/c1-2-9-17-14-8-4-3-7-13(14)15(19)18-12-6-5-10-16-11-12/h3-8,10-11,17H,2,9H2,1H3,(H,18,19). The number of para-hydroxylation sites is 1. The van der Waals surface area contributed by atoms with Gasteiger partial charge in [0.2, 0.25) is 0 Å². The molecule has 0 atom stereocenters. The Labute approximate surface area is 112 Å². The Morgan fingerprint density at radius 3 is 2.79 bits per heavy atom. The number of nitrogens with zero attached hydrogens (tertiary/aromatic N) is 1.